The van der Waals surface area contributed by atoms with E-state index in [-0.39, 0.29) is 19.3 Å². The van der Waals surface area contributed by atoms with E-state index < -0.39 is 18.1 Å². The molecule has 2 atom stereocenters. The van der Waals surface area contributed by atoms with Crippen LogP contribution in [-0.2, 0) is 16.1 Å². The van der Waals surface area contributed by atoms with Gasteiger partial charge in [0.05, 0.1) is 11.6 Å². The number of aryl methyl sites for hydroxylation is 1. The number of piperidine rings is 3. The molecule has 0 aromatic heterocycles. The molecule has 1 amide bonds. The minimum atomic E-state index is -0.446. The summed E-state index contributed by atoms with van der Waals surface area (Å²) in [7, 11) is 0. The SMILES string of the molecule is Cc1cc(C=O)ccc1OCCOC(=O)c1ccc(COc2cccc([C@@H](NC(=O)OC3CN4CCC3CC4)c3ccccc3)c2)cc1. The third kappa shape index (κ3) is 8.41. The summed E-state index contributed by atoms with van der Waals surface area (Å²) in [5.74, 6) is 1.27. The quantitative estimate of drug-likeness (QED) is 0.0992. The van der Waals surface area contributed by atoms with Crippen LogP contribution < -0.4 is 14.8 Å². The van der Waals surface area contributed by atoms with E-state index in [0.29, 0.717) is 35.2 Å². The molecule has 248 valence electrons. The van der Waals surface area contributed by atoms with Gasteiger partial charge in [-0.3, -0.25) is 9.69 Å². The number of nitrogens with zero attached hydrogens (tertiary/aromatic N) is 1. The number of aldehydes is 1. The molecule has 3 heterocycles. The fourth-order valence-electron chi connectivity index (χ4n) is 6.30. The Morgan fingerprint density at radius 3 is 2.35 bits per heavy atom. The number of carbonyl (C=O) groups excluding carboxylic acids is 3. The van der Waals surface area contributed by atoms with Gasteiger partial charge in [0.2, 0.25) is 0 Å². The average molecular weight is 649 g/mol. The smallest absolute Gasteiger partial charge is 0.408 e. The van der Waals surface area contributed by atoms with E-state index in [9.17, 15) is 14.4 Å². The van der Waals surface area contributed by atoms with Crippen molar-refractivity contribution in [1.82, 2.24) is 10.2 Å². The molecule has 3 saturated heterocycles. The first-order valence-electron chi connectivity index (χ1n) is 16.4. The summed E-state index contributed by atoms with van der Waals surface area (Å²) in [6.07, 6.45) is 2.43. The zero-order valence-corrected chi connectivity index (χ0v) is 27.0. The highest BCUT2D eigenvalue weighted by molar-refractivity contribution is 5.89. The molecular formula is C39H40N2O7. The van der Waals surface area contributed by atoms with Gasteiger partial charge in [-0.2, -0.15) is 0 Å². The molecule has 0 aliphatic carbocycles. The summed E-state index contributed by atoms with van der Waals surface area (Å²) in [5.41, 5.74) is 4.54. The Bertz CT molecular complexity index is 1700. The van der Waals surface area contributed by atoms with Crippen molar-refractivity contribution in [2.24, 2.45) is 5.92 Å². The zero-order chi connectivity index (χ0) is 33.3. The molecule has 4 aromatic carbocycles. The van der Waals surface area contributed by atoms with Gasteiger partial charge in [0.15, 0.2) is 0 Å². The minimum absolute atomic E-state index is 0.0792. The van der Waals surface area contributed by atoms with E-state index in [1.54, 1.807) is 30.3 Å². The van der Waals surface area contributed by atoms with Crippen molar-refractivity contribution in [1.29, 1.82) is 0 Å². The molecule has 9 nitrogen and oxygen atoms in total. The molecule has 3 aliphatic rings. The lowest BCUT2D eigenvalue weighted by molar-refractivity contribution is -0.0336. The molecule has 1 N–H and O–H groups in total. The van der Waals surface area contributed by atoms with Crippen LogP contribution in [0, 0.1) is 12.8 Å². The monoisotopic (exact) mass is 648 g/mol. The first-order valence-corrected chi connectivity index (χ1v) is 16.4. The number of amides is 1. The van der Waals surface area contributed by atoms with Crippen LogP contribution in [0.5, 0.6) is 11.5 Å². The molecule has 9 heteroatoms. The topological polar surface area (TPSA) is 103 Å². The van der Waals surface area contributed by atoms with Crippen LogP contribution in [-0.4, -0.2) is 62.2 Å². The second kappa shape index (κ2) is 15.6. The second-order valence-electron chi connectivity index (χ2n) is 12.3. The maximum atomic E-state index is 13.1. The molecule has 0 spiro atoms. The predicted octanol–water partition coefficient (Wildman–Crippen LogP) is 6.53. The van der Waals surface area contributed by atoms with Gasteiger partial charge in [0, 0.05) is 12.1 Å². The zero-order valence-electron chi connectivity index (χ0n) is 27.0. The number of hydrogen-bond donors (Lipinski definition) is 1. The molecule has 2 bridgehead atoms. The number of hydrogen-bond acceptors (Lipinski definition) is 8. The Hall–Kier alpha value is -5.15. The summed E-state index contributed by atoms with van der Waals surface area (Å²) in [5, 5.41) is 3.11. The largest absolute Gasteiger partial charge is 0.490 e. The molecule has 3 fully saturated rings. The number of alkyl carbamates (subject to hydrolysis) is 1. The second-order valence-corrected chi connectivity index (χ2v) is 12.3. The van der Waals surface area contributed by atoms with E-state index in [4.69, 9.17) is 18.9 Å². The van der Waals surface area contributed by atoms with Crippen molar-refractivity contribution in [3.05, 3.63) is 130 Å². The molecule has 48 heavy (non-hydrogen) atoms. The third-order valence-electron chi connectivity index (χ3n) is 8.95. The van der Waals surface area contributed by atoms with Gasteiger partial charge in [-0.15, -0.1) is 0 Å². The number of rotatable bonds is 13. The summed E-state index contributed by atoms with van der Waals surface area (Å²) in [6, 6.07) is 29.3. The summed E-state index contributed by atoms with van der Waals surface area (Å²) < 4.78 is 23.1. The summed E-state index contributed by atoms with van der Waals surface area (Å²) in [4.78, 5) is 39.0. The van der Waals surface area contributed by atoms with Crippen molar-refractivity contribution in [2.45, 2.75) is 38.5 Å². The van der Waals surface area contributed by atoms with Gasteiger partial charge >= 0.3 is 12.1 Å². The lowest BCUT2D eigenvalue weighted by Crippen LogP contribution is -2.52. The predicted molar refractivity (Wildman–Crippen MR) is 180 cm³/mol. The summed E-state index contributed by atoms with van der Waals surface area (Å²) in [6.45, 7) is 5.40. The van der Waals surface area contributed by atoms with Crippen LogP contribution in [0.3, 0.4) is 0 Å². The van der Waals surface area contributed by atoms with Gasteiger partial charge in [-0.05, 0) is 103 Å². The fourth-order valence-corrected chi connectivity index (χ4v) is 6.30. The van der Waals surface area contributed by atoms with Crippen LogP contribution in [0.1, 0.15) is 61.9 Å². The minimum Gasteiger partial charge on any atom is -0.490 e. The highest BCUT2D eigenvalue weighted by Gasteiger charge is 2.36. The van der Waals surface area contributed by atoms with Gasteiger partial charge < -0.3 is 24.3 Å². The highest BCUT2D eigenvalue weighted by Crippen LogP contribution is 2.31. The van der Waals surface area contributed by atoms with Crippen LogP contribution in [0.2, 0.25) is 0 Å². The van der Waals surface area contributed by atoms with Gasteiger partial charge in [-0.25, -0.2) is 9.59 Å². The van der Waals surface area contributed by atoms with Gasteiger partial charge in [0.1, 0.15) is 43.7 Å². The number of ether oxygens (including phenoxy) is 4. The molecule has 7 rings (SSSR count). The summed E-state index contributed by atoms with van der Waals surface area (Å²) >= 11 is 0. The number of fused-ring (bicyclic) bond motifs is 3. The van der Waals surface area contributed by atoms with Crippen molar-refractivity contribution in [2.75, 3.05) is 32.8 Å². The lowest BCUT2D eigenvalue weighted by atomic mass is 9.86. The van der Waals surface area contributed by atoms with Gasteiger partial charge in [0.25, 0.3) is 0 Å². The normalized spacial score (nSPS) is 18.7. The molecule has 4 aromatic rings. The van der Waals surface area contributed by atoms with E-state index in [2.05, 4.69) is 10.2 Å². The Kier molecular flexibility index (Phi) is 10.7. The molecular weight excluding hydrogens is 608 g/mol. The maximum absolute atomic E-state index is 13.1. The molecule has 3 aliphatic heterocycles. The number of benzene rings is 4. The number of nitrogens with one attached hydrogen (secondary N) is 1. The Labute approximate surface area is 280 Å². The van der Waals surface area contributed by atoms with E-state index in [1.165, 1.54) is 0 Å². The first kappa shape index (κ1) is 32.8. The highest BCUT2D eigenvalue weighted by atomic mass is 16.6. The standard InChI is InChI=1S/C39H40N2O7/c1-27-22-29(25-42)12-15-35(27)45-20-21-46-38(43)32-13-10-28(11-14-32)26-47-34-9-5-8-33(23-34)37(31-6-3-2-4-7-31)40-39(44)48-36-24-41-18-16-30(36)17-19-41/h2-15,22-23,25,30,36-37H,16-21,24,26H2,1H3,(H,40,44)/t36?,37-/m0/s1. The van der Waals surface area contributed by atoms with E-state index in [1.807, 2.05) is 73.7 Å². The van der Waals surface area contributed by atoms with Crippen molar-refractivity contribution < 1.29 is 33.3 Å². The van der Waals surface area contributed by atoms with Crippen molar-refractivity contribution >= 4 is 18.3 Å². The van der Waals surface area contributed by atoms with Crippen molar-refractivity contribution in [3.8, 4) is 11.5 Å². The van der Waals surface area contributed by atoms with Crippen LogP contribution >= 0.6 is 0 Å². The van der Waals surface area contributed by atoms with Gasteiger partial charge in [-0.1, -0.05) is 54.6 Å². The average Bonchev–Trinajstić information content (AvgIpc) is 3.13. The van der Waals surface area contributed by atoms with Crippen LogP contribution in [0.25, 0.3) is 0 Å². The van der Waals surface area contributed by atoms with Crippen LogP contribution in [0.4, 0.5) is 4.79 Å². The number of carbonyl (C=O) groups is 3. The van der Waals surface area contributed by atoms with E-state index in [0.717, 1.165) is 61.0 Å². The third-order valence-corrected chi connectivity index (χ3v) is 8.95. The Morgan fingerprint density at radius 2 is 1.65 bits per heavy atom. The molecule has 0 saturated carbocycles. The van der Waals surface area contributed by atoms with Crippen molar-refractivity contribution in [3.63, 3.8) is 0 Å². The lowest BCUT2D eigenvalue weighted by Gasteiger charge is -2.43. The Morgan fingerprint density at radius 1 is 0.875 bits per heavy atom. The molecule has 1 unspecified atom stereocenters. The van der Waals surface area contributed by atoms with E-state index >= 15 is 0 Å². The maximum Gasteiger partial charge on any atom is 0.408 e. The Balaban J connectivity index is 1.02. The fraction of sp³-hybridized carbons (Fsp3) is 0.308. The molecule has 0 radical (unpaired) electrons. The van der Waals surface area contributed by atoms with Crippen LogP contribution in [0.15, 0.2) is 97.1 Å². The first-order chi connectivity index (χ1) is 23.4. The number of esters is 1.